The number of nitrogens with zero attached hydrogens (tertiary/aromatic N) is 2. The van der Waals surface area contributed by atoms with Crippen LogP contribution >= 0.6 is 0 Å². The van der Waals surface area contributed by atoms with Gasteiger partial charge >= 0.3 is 0 Å². The molecule has 2 rings (SSSR count). The summed E-state index contributed by atoms with van der Waals surface area (Å²) in [6.45, 7) is 8.81. The third-order valence-corrected chi connectivity index (χ3v) is 2.42. The Bertz CT molecular complexity index is 349. The molecule has 0 radical (unpaired) electrons. The highest BCUT2D eigenvalue weighted by Gasteiger charge is 2.14. The van der Waals surface area contributed by atoms with Crippen LogP contribution in [0.3, 0.4) is 0 Å². The van der Waals surface area contributed by atoms with Gasteiger partial charge in [-0.15, -0.1) is 0 Å². The quantitative estimate of drug-likeness (QED) is 0.744. The fraction of sp³-hybridized carbons (Fsp3) is 0.455. The molecule has 1 fully saturated rings. The van der Waals surface area contributed by atoms with Gasteiger partial charge in [0.05, 0.1) is 6.57 Å². The SMILES string of the molecule is [C-]#[N+]c1ccc(OC2CCNCC2)nc1. The van der Waals surface area contributed by atoms with Gasteiger partial charge in [-0.25, -0.2) is 9.83 Å². The Kier molecular flexibility index (Phi) is 3.15. The molecule has 1 saturated heterocycles. The largest absolute Gasteiger partial charge is 0.474 e. The maximum absolute atomic E-state index is 6.80. The Labute approximate surface area is 89.1 Å². The van der Waals surface area contributed by atoms with Gasteiger partial charge in [-0.3, -0.25) is 0 Å². The van der Waals surface area contributed by atoms with Gasteiger partial charge in [0.1, 0.15) is 6.10 Å². The van der Waals surface area contributed by atoms with Crippen molar-refractivity contribution in [2.24, 2.45) is 0 Å². The maximum Gasteiger partial charge on any atom is 0.210 e. The lowest BCUT2D eigenvalue weighted by atomic mass is 10.1. The monoisotopic (exact) mass is 203 g/mol. The highest BCUT2D eigenvalue weighted by Crippen LogP contribution is 2.17. The molecule has 0 unspecified atom stereocenters. The van der Waals surface area contributed by atoms with Crippen molar-refractivity contribution in [1.82, 2.24) is 10.3 Å². The zero-order chi connectivity index (χ0) is 10.5. The minimum absolute atomic E-state index is 0.262. The van der Waals surface area contributed by atoms with Gasteiger partial charge in [-0.2, -0.15) is 0 Å². The third-order valence-electron chi connectivity index (χ3n) is 2.42. The molecule has 15 heavy (non-hydrogen) atoms. The normalized spacial score (nSPS) is 17.0. The average Bonchev–Trinajstić information content (AvgIpc) is 2.31. The zero-order valence-electron chi connectivity index (χ0n) is 8.44. The summed E-state index contributed by atoms with van der Waals surface area (Å²) in [6.07, 6.45) is 3.85. The van der Waals surface area contributed by atoms with E-state index >= 15 is 0 Å². The van der Waals surface area contributed by atoms with E-state index in [1.165, 1.54) is 0 Å². The first-order valence-electron chi connectivity index (χ1n) is 5.09. The molecule has 1 aliphatic heterocycles. The second kappa shape index (κ2) is 4.76. The van der Waals surface area contributed by atoms with E-state index in [2.05, 4.69) is 15.1 Å². The Morgan fingerprint density at radius 1 is 1.40 bits per heavy atom. The molecule has 0 aromatic carbocycles. The van der Waals surface area contributed by atoms with E-state index in [0.717, 1.165) is 25.9 Å². The molecule has 0 spiro atoms. The number of nitrogens with one attached hydrogen (secondary N) is 1. The molecular formula is C11H13N3O. The first-order valence-corrected chi connectivity index (χ1v) is 5.09. The van der Waals surface area contributed by atoms with Gasteiger partial charge < -0.3 is 10.1 Å². The number of aromatic nitrogens is 1. The number of hydrogen-bond acceptors (Lipinski definition) is 3. The van der Waals surface area contributed by atoms with Crippen molar-refractivity contribution in [3.63, 3.8) is 0 Å². The Morgan fingerprint density at radius 2 is 2.20 bits per heavy atom. The smallest absolute Gasteiger partial charge is 0.210 e. The third kappa shape index (κ3) is 2.67. The van der Waals surface area contributed by atoms with Crippen molar-refractivity contribution < 1.29 is 4.74 Å². The van der Waals surface area contributed by atoms with Gasteiger partial charge in [0.15, 0.2) is 0 Å². The molecule has 0 atom stereocenters. The van der Waals surface area contributed by atoms with Crippen LogP contribution < -0.4 is 10.1 Å². The predicted molar refractivity (Wildman–Crippen MR) is 57.0 cm³/mol. The van der Waals surface area contributed by atoms with Crippen molar-refractivity contribution in [3.05, 3.63) is 29.7 Å². The minimum atomic E-state index is 0.262. The molecule has 1 N–H and O–H groups in total. The van der Waals surface area contributed by atoms with Crippen LogP contribution in [0.25, 0.3) is 4.85 Å². The van der Waals surface area contributed by atoms with Gasteiger partial charge in [-0.1, -0.05) is 0 Å². The zero-order valence-corrected chi connectivity index (χ0v) is 8.44. The standard InChI is InChI=1S/C11H13N3O/c1-12-9-2-3-11(14-8-9)15-10-4-6-13-7-5-10/h2-3,8,10,13H,4-7H2. The van der Waals surface area contributed by atoms with E-state index in [0.29, 0.717) is 11.6 Å². The lowest BCUT2D eigenvalue weighted by Crippen LogP contribution is -2.34. The summed E-state index contributed by atoms with van der Waals surface area (Å²) in [4.78, 5) is 7.37. The molecule has 1 aromatic rings. The van der Waals surface area contributed by atoms with E-state index in [4.69, 9.17) is 11.3 Å². The van der Waals surface area contributed by atoms with Gasteiger partial charge in [0.25, 0.3) is 0 Å². The first-order chi connectivity index (χ1) is 7.38. The molecule has 0 amide bonds. The van der Waals surface area contributed by atoms with Crippen LogP contribution in [0.1, 0.15) is 12.8 Å². The lowest BCUT2D eigenvalue weighted by Gasteiger charge is -2.23. The highest BCUT2D eigenvalue weighted by atomic mass is 16.5. The van der Waals surface area contributed by atoms with Gasteiger partial charge in [-0.05, 0) is 38.1 Å². The van der Waals surface area contributed by atoms with Gasteiger partial charge in [0, 0.05) is 6.20 Å². The second-order valence-corrected chi connectivity index (χ2v) is 3.53. The van der Waals surface area contributed by atoms with Crippen LogP contribution in [-0.4, -0.2) is 24.2 Å². The number of piperidine rings is 1. The Morgan fingerprint density at radius 3 is 2.80 bits per heavy atom. The average molecular weight is 203 g/mol. The number of ether oxygens (including phenoxy) is 1. The molecule has 1 aliphatic rings. The summed E-state index contributed by atoms with van der Waals surface area (Å²) in [5.41, 5.74) is 0.549. The van der Waals surface area contributed by atoms with Gasteiger partial charge in [0.2, 0.25) is 11.6 Å². The Hall–Kier alpha value is -1.60. The summed E-state index contributed by atoms with van der Waals surface area (Å²) in [5, 5.41) is 3.28. The minimum Gasteiger partial charge on any atom is -0.474 e. The van der Waals surface area contributed by atoms with Crippen LogP contribution in [0.15, 0.2) is 18.3 Å². The first kappa shape index (κ1) is 9.94. The summed E-state index contributed by atoms with van der Waals surface area (Å²) in [6, 6.07) is 3.49. The predicted octanol–water partition coefficient (Wildman–Crippen LogP) is 1.76. The van der Waals surface area contributed by atoms with Crippen molar-refractivity contribution in [2.45, 2.75) is 18.9 Å². The Balaban J connectivity index is 1.95. The lowest BCUT2D eigenvalue weighted by molar-refractivity contribution is 0.156. The van der Waals surface area contributed by atoms with Crippen molar-refractivity contribution in [1.29, 1.82) is 0 Å². The second-order valence-electron chi connectivity index (χ2n) is 3.53. The van der Waals surface area contributed by atoms with Crippen molar-refractivity contribution >= 4 is 5.69 Å². The molecule has 0 bridgehead atoms. The molecule has 0 saturated carbocycles. The fourth-order valence-corrected chi connectivity index (χ4v) is 1.59. The maximum atomic E-state index is 6.80. The van der Waals surface area contributed by atoms with Crippen LogP contribution in [0, 0.1) is 6.57 Å². The molecule has 4 nitrogen and oxygen atoms in total. The molecule has 4 heteroatoms. The van der Waals surface area contributed by atoms with E-state index in [1.807, 2.05) is 0 Å². The van der Waals surface area contributed by atoms with Crippen molar-refractivity contribution in [3.8, 4) is 5.88 Å². The number of rotatable bonds is 2. The molecule has 78 valence electrons. The fourth-order valence-electron chi connectivity index (χ4n) is 1.59. The highest BCUT2D eigenvalue weighted by molar-refractivity contribution is 5.42. The van der Waals surface area contributed by atoms with Crippen LogP contribution in [0.5, 0.6) is 5.88 Å². The van der Waals surface area contributed by atoms with E-state index in [9.17, 15) is 0 Å². The molecule has 2 heterocycles. The molecule has 1 aromatic heterocycles. The topological polar surface area (TPSA) is 38.5 Å². The van der Waals surface area contributed by atoms with Crippen molar-refractivity contribution in [2.75, 3.05) is 13.1 Å². The van der Waals surface area contributed by atoms with E-state index in [1.54, 1.807) is 18.3 Å². The summed E-state index contributed by atoms with van der Waals surface area (Å²) in [5.74, 6) is 0.620. The van der Waals surface area contributed by atoms with Crippen LogP contribution in [0.2, 0.25) is 0 Å². The number of pyridine rings is 1. The number of hydrogen-bond donors (Lipinski definition) is 1. The van der Waals surface area contributed by atoms with Crippen LogP contribution in [-0.2, 0) is 0 Å². The summed E-state index contributed by atoms with van der Waals surface area (Å²) >= 11 is 0. The molecule has 0 aliphatic carbocycles. The van der Waals surface area contributed by atoms with E-state index < -0.39 is 0 Å². The summed E-state index contributed by atoms with van der Waals surface area (Å²) < 4.78 is 5.70. The van der Waals surface area contributed by atoms with Crippen LogP contribution in [0.4, 0.5) is 5.69 Å². The summed E-state index contributed by atoms with van der Waals surface area (Å²) in [7, 11) is 0. The van der Waals surface area contributed by atoms with E-state index in [-0.39, 0.29) is 6.10 Å². The molecular weight excluding hydrogens is 190 g/mol.